The largest absolute Gasteiger partial charge is 0.673 e. The minimum absolute atomic E-state index is 0.669. The van der Waals surface area contributed by atoms with Crippen molar-refractivity contribution in [2.24, 2.45) is 0 Å². The molecule has 0 N–H and O–H groups in total. The molecule has 0 spiro atoms. The highest BCUT2D eigenvalue weighted by Gasteiger charge is 2.20. The number of ether oxygens (including phenoxy) is 1. The summed E-state index contributed by atoms with van der Waals surface area (Å²) in [4.78, 5) is 2.41. The molecular formula is C25H26BF4NOS. The molecule has 2 nitrogen and oxygen atoms in total. The van der Waals surface area contributed by atoms with Crippen LogP contribution in [0.25, 0.3) is 5.76 Å². The third-order valence-corrected chi connectivity index (χ3v) is 5.31. The van der Waals surface area contributed by atoms with Crippen LogP contribution in [0.5, 0.6) is 0 Å². The molecule has 0 radical (unpaired) electrons. The highest BCUT2D eigenvalue weighted by atomic mass is 32.2. The molecule has 8 heteroatoms. The smallest absolute Gasteiger partial charge is 0.493 e. The van der Waals surface area contributed by atoms with Crippen LogP contribution in [-0.2, 0) is 4.74 Å². The quantitative estimate of drug-likeness (QED) is 0.193. The monoisotopic (exact) mass is 475 g/mol. The average molecular weight is 475 g/mol. The number of hydrogen-bond donors (Lipinski definition) is 0. The Morgan fingerprint density at radius 3 is 2.12 bits per heavy atom. The van der Waals surface area contributed by atoms with Gasteiger partial charge in [-0.05, 0) is 42.9 Å². The summed E-state index contributed by atoms with van der Waals surface area (Å²) in [6.07, 6.45) is 23.1. The van der Waals surface area contributed by atoms with E-state index in [2.05, 4.69) is 83.5 Å². The van der Waals surface area contributed by atoms with Gasteiger partial charge >= 0.3 is 7.25 Å². The summed E-state index contributed by atoms with van der Waals surface area (Å²) in [5.74, 6) is 0.946. The van der Waals surface area contributed by atoms with Gasteiger partial charge in [0, 0.05) is 27.5 Å². The van der Waals surface area contributed by atoms with Crippen molar-refractivity contribution in [3.05, 3.63) is 107 Å². The van der Waals surface area contributed by atoms with E-state index in [1.54, 1.807) is 11.8 Å². The molecule has 0 atom stereocenters. The summed E-state index contributed by atoms with van der Waals surface area (Å²) in [6, 6.07) is 8.37. The second-order valence-electron chi connectivity index (χ2n) is 7.03. The molecule has 0 amide bonds. The molecule has 0 aromatic heterocycles. The maximum Gasteiger partial charge on any atom is 0.673 e. The van der Waals surface area contributed by atoms with Gasteiger partial charge in [-0.3, -0.25) is 0 Å². The number of halogens is 4. The number of allylic oxidation sites excluding steroid dienone is 12. The summed E-state index contributed by atoms with van der Waals surface area (Å²) in [5.41, 5.74) is 3.57. The van der Waals surface area contributed by atoms with Gasteiger partial charge in [0.05, 0.1) is 6.61 Å². The molecule has 2 aliphatic rings. The Bertz CT molecular complexity index is 1050. The van der Waals surface area contributed by atoms with Crippen LogP contribution in [0, 0.1) is 0 Å². The van der Waals surface area contributed by atoms with Crippen LogP contribution in [0.3, 0.4) is 0 Å². The Morgan fingerprint density at radius 1 is 0.909 bits per heavy atom. The zero-order chi connectivity index (χ0) is 24.3. The van der Waals surface area contributed by atoms with Crippen LogP contribution in [0.2, 0.25) is 0 Å². The van der Waals surface area contributed by atoms with Gasteiger partial charge in [0.15, 0.2) is 5.71 Å². The Morgan fingerprint density at radius 2 is 1.52 bits per heavy atom. The van der Waals surface area contributed by atoms with E-state index >= 15 is 0 Å². The number of nitrogens with zero attached hydrogens (tertiary/aromatic N) is 1. The van der Waals surface area contributed by atoms with Crippen LogP contribution >= 0.6 is 11.8 Å². The van der Waals surface area contributed by atoms with Crippen molar-refractivity contribution in [2.75, 3.05) is 20.7 Å². The van der Waals surface area contributed by atoms with Crippen LogP contribution in [0.1, 0.15) is 12.5 Å². The molecule has 0 saturated heterocycles. The van der Waals surface area contributed by atoms with Crippen molar-refractivity contribution >= 4 is 30.5 Å². The fourth-order valence-electron chi connectivity index (χ4n) is 2.81. The first kappa shape index (κ1) is 26.3. The summed E-state index contributed by atoms with van der Waals surface area (Å²) >= 11 is 1.77. The van der Waals surface area contributed by atoms with Gasteiger partial charge in [0.2, 0.25) is 0 Å². The summed E-state index contributed by atoms with van der Waals surface area (Å²) in [5, 5.41) is 0. The zero-order valence-electron chi connectivity index (χ0n) is 18.7. The number of benzene rings is 1. The molecule has 0 fully saturated rings. The van der Waals surface area contributed by atoms with Crippen molar-refractivity contribution in [2.45, 2.75) is 11.8 Å². The maximum atomic E-state index is 9.75. The topological polar surface area (TPSA) is 12.2 Å². The van der Waals surface area contributed by atoms with Gasteiger partial charge in [0.1, 0.15) is 19.9 Å². The zero-order valence-corrected chi connectivity index (χ0v) is 19.5. The molecule has 0 saturated carbocycles. The molecule has 0 unspecified atom stereocenters. The van der Waals surface area contributed by atoms with Crippen molar-refractivity contribution in [3.8, 4) is 0 Å². The van der Waals surface area contributed by atoms with Gasteiger partial charge in [-0.25, -0.2) is 4.58 Å². The molecule has 1 aromatic rings. The average Bonchev–Trinajstić information content (AvgIpc) is 2.75. The molecular weight excluding hydrogens is 449 g/mol. The normalized spacial score (nSPS) is 16.6. The van der Waals surface area contributed by atoms with E-state index in [0.717, 1.165) is 5.76 Å². The Hall–Kier alpha value is -3.00. The number of hydrogen-bond acceptors (Lipinski definition) is 2. The Labute approximate surface area is 196 Å². The van der Waals surface area contributed by atoms with E-state index in [0.29, 0.717) is 6.61 Å². The number of thioether (sulfide) groups is 1. The van der Waals surface area contributed by atoms with Crippen LogP contribution in [0.4, 0.5) is 17.3 Å². The molecule has 33 heavy (non-hydrogen) atoms. The first-order valence-electron chi connectivity index (χ1n) is 10.3. The lowest BCUT2D eigenvalue weighted by Gasteiger charge is -2.18. The van der Waals surface area contributed by atoms with Crippen LogP contribution in [0.15, 0.2) is 106 Å². The third kappa shape index (κ3) is 9.99. The summed E-state index contributed by atoms with van der Waals surface area (Å²) in [7, 11) is -1.90. The SMILES string of the molecule is CCOC1=CC(=CC=CC=CC=C2C=CC(=[N+](C)C)C=C2)Sc2ccccc21.F[B-](F)(F)F. The van der Waals surface area contributed by atoms with E-state index in [-0.39, 0.29) is 0 Å². The first-order valence-corrected chi connectivity index (χ1v) is 11.1. The second-order valence-corrected chi connectivity index (χ2v) is 8.14. The van der Waals surface area contributed by atoms with Crippen molar-refractivity contribution in [3.63, 3.8) is 0 Å². The molecule has 0 bridgehead atoms. The maximum absolute atomic E-state index is 9.75. The molecule has 1 aliphatic heterocycles. The van der Waals surface area contributed by atoms with Gasteiger partial charge in [-0.1, -0.05) is 60.3 Å². The van der Waals surface area contributed by atoms with Gasteiger partial charge in [-0.15, -0.1) is 0 Å². The van der Waals surface area contributed by atoms with Gasteiger partial charge in [-0.2, -0.15) is 0 Å². The van der Waals surface area contributed by atoms with Crippen molar-refractivity contribution < 1.29 is 26.6 Å². The Kier molecular flexibility index (Phi) is 10.3. The van der Waals surface area contributed by atoms with E-state index < -0.39 is 7.25 Å². The molecule has 174 valence electrons. The van der Waals surface area contributed by atoms with E-state index in [9.17, 15) is 17.3 Å². The van der Waals surface area contributed by atoms with E-state index in [1.165, 1.54) is 26.6 Å². The van der Waals surface area contributed by atoms with E-state index in [4.69, 9.17) is 4.74 Å². The molecule has 1 aliphatic carbocycles. The Balaban J connectivity index is 0.000000696. The van der Waals surface area contributed by atoms with Crippen LogP contribution < -0.4 is 0 Å². The predicted molar refractivity (Wildman–Crippen MR) is 132 cm³/mol. The first-order chi connectivity index (χ1) is 15.7. The van der Waals surface area contributed by atoms with Gasteiger partial charge in [0.25, 0.3) is 0 Å². The predicted octanol–water partition coefficient (Wildman–Crippen LogP) is 7.23. The van der Waals surface area contributed by atoms with Crippen LogP contribution in [-0.4, -0.2) is 38.2 Å². The second kappa shape index (κ2) is 12.9. The summed E-state index contributed by atoms with van der Waals surface area (Å²) < 4.78 is 46.9. The standard InChI is InChI=1S/C25H26NOS.BF4/c1-4-27-24-19-22(28-25-14-10-9-13-23(24)25)12-8-6-5-7-11-20-15-17-21(18-16-20)26(2)3;2-1(3,4)5/h5-19H,4H2,1-3H3;/q+1;-1. The fraction of sp³-hybridized carbons (Fsp3) is 0.160. The minimum atomic E-state index is -6.00. The summed E-state index contributed by atoms with van der Waals surface area (Å²) in [6.45, 7) is 2.69. The lowest BCUT2D eigenvalue weighted by molar-refractivity contribution is -0.462. The van der Waals surface area contributed by atoms with Crippen molar-refractivity contribution in [1.82, 2.24) is 0 Å². The lowest BCUT2D eigenvalue weighted by atomic mass is 10.1. The highest BCUT2D eigenvalue weighted by Crippen LogP contribution is 2.40. The highest BCUT2D eigenvalue weighted by molar-refractivity contribution is 8.03. The van der Waals surface area contributed by atoms with Gasteiger partial charge < -0.3 is 22.0 Å². The minimum Gasteiger partial charge on any atom is -0.493 e. The molecule has 1 aromatic carbocycles. The molecule has 1 heterocycles. The molecule has 3 rings (SSSR count). The third-order valence-electron chi connectivity index (χ3n) is 4.25. The van der Waals surface area contributed by atoms with Crippen molar-refractivity contribution in [1.29, 1.82) is 0 Å². The lowest BCUT2D eigenvalue weighted by Crippen LogP contribution is -2.09. The van der Waals surface area contributed by atoms with E-state index in [1.807, 2.05) is 33.2 Å². The fourth-order valence-corrected chi connectivity index (χ4v) is 3.80. The number of fused-ring (bicyclic) bond motifs is 1. The number of rotatable bonds is 5.